The second-order valence-corrected chi connectivity index (χ2v) is 6.57. The van der Waals surface area contributed by atoms with E-state index < -0.39 is 0 Å². The highest BCUT2D eigenvalue weighted by Gasteiger charge is 2.22. The van der Waals surface area contributed by atoms with Gasteiger partial charge in [0.25, 0.3) is 0 Å². The first kappa shape index (κ1) is 18.7. The van der Waals surface area contributed by atoms with Crippen molar-refractivity contribution in [3.05, 3.63) is 34.9 Å². The number of amides is 2. The van der Waals surface area contributed by atoms with Crippen LogP contribution in [0.1, 0.15) is 25.3 Å². The smallest absolute Gasteiger partial charge is 0.234 e. The van der Waals surface area contributed by atoms with Gasteiger partial charge in [-0.3, -0.25) is 14.5 Å². The van der Waals surface area contributed by atoms with E-state index in [1.807, 2.05) is 36.1 Å². The summed E-state index contributed by atoms with van der Waals surface area (Å²) in [6.45, 7) is 6.06. The minimum absolute atomic E-state index is 0.0672. The first-order chi connectivity index (χ1) is 11.6. The molecule has 0 bridgehead atoms. The van der Waals surface area contributed by atoms with Gasteiger partial charge in [0.2, 0.25) is 11.8 Å². The highest BCUT2D eigenvalue weighted by molar-refractivity contribution is 6.30. The molecule has 2 rings (SSSR count). The van der Waals surface area contributed by atoms with Crippen molar-refractivity contribution in [3.8, 4) is 0 Å². The summed E-state index contributed by atoms with van der Waals surface area (Å²) in [5.41, 5.74) is 1.09. The van der Waals surface area contributed by atoms with Gasteiger partial charge < -0.3 is 10.2 Å². The number of nitrogens with one attached hydrogen (secondary N) is 1. The zero-order valence-electron chi connectivity index (χ0n) is 14.3. The third kappa shape index (κ3) is 6.13. The predicted octanol–water partition coefficient (Wildman–Crippen LogP) is 1.94. The Balaban J connectivity index is 1.69. The largest absolute Gasteiger partial charge is 0.355 e. The van der Waals surface area contributed by atoms with E-state index in [0.717, 1.165) is 31.6 Å². The number of piperazine rings is 1. The Bertz CT molecular complexity index is 557. The number of hydrogen-bond donors (Lipinski definition) is 1. The molecule has 0 saturated carbocycles. The molecule has 5 nitrogen and oxygen atoms in total. The van der Waals surface area contributed by atoms with Gasteiger partial charge in [0, 0.05) is 44.2 Å². The summed E-state index contributed by atoms with van der Waals surface area (Å²) in [6.07, 6.45) is 2.15. The molecule has 0 spiro atoms. The van der Waals surface area contributed by atoms with Crippen molar-refractivity contribution in [3.63, 3.8) is 0 Å². The molecule has 2 amide bonds. The molecule has 1 aliphatic heterocycles. The number of carbonyl (C=O) groups is 2. The predicted molar refractivity (Wildman–Crippen MR) is 96.1 cm³/mol. The molecule has 0 radical (unpaired) electrons. The molecular weight excluding hydrogens is 326 g/mol. The van der Waals surface area contributed by atoms with Crippen molar-refractivity contribution in [2.75, 3.05) is 39.3 Å². The van der Waals surface area contributed by atoms with E-state index in [0.29, 0.717) is 37.5 Å². The summed E-state index contributed by atoms with van der Waals surface area (Å²) < 4.78 is 0. The van der Waals surface area contributed by atoms with Crippen LogP contribution in [0.3, 0.4) is 0 Å². The van der Waals surface area contributed by atoms with Crippen LogP contribution < -0.4 is 5.32 Å². The fourth-order valence-electron chi connectivity index (χ4n) is 2.78. The quantitative estimate of drug-likeness (QED) is 0.816. The Morgan fingerprint density at radius 2 is 1.96 bits per heavy atom. The highest BCUT2D eigenvalue weighted by Crippen LogP contribution is 2.13. The van der Waals surface area contributed by atoms with Crippen LogP contribution in [0.15, 0.2) is 24.3 Å². The van der Waals surface area contributed by atoms with Crippen molar-refractivity contribution in [1.82, 2.24) is 15.1 Å². The van der Waals surface area contributed by atoms with Gasteiger partial charge in [-0.2, -0.15) is 0 Å². The lowest BCUT2D eigenvalue weighted by molar-refractivity contribution is -0.133. The molecule has 1 N–H and O–H groups in total. The van der Waals surface area contributed by atoms with Crippen LogP contribution in [0, 0.1) is 0 Å². The van der Waals surface area contributed by atoms with Crippen LogP contribution >= 0.6 is 11.6 Å². The van der Waals surface area contributed by atoms with E-state index in [9.17, 15) is 9.59 Å². The Labute approximate surface area is 149 Å². The van der Waals surface area contributed by atoms with E-state index in [1.165, 1.54) is 0 Å². The third-order valence-corrected chi connectivity index (χ3v) is 4.42. The molecule has 1 heterocycles. The Morgan fingerprint density at radius 1 is 1.21 bits per heavy atom. The average molecular weight is 352 g/mol. The molecule has 0 atom stereocenters. The van der Waals surface area contributed by atoms with E-state index in [1.54, 1.807) is 0 Å². The monoisotopic (exact) mass is 351 g/mol. The number of benzene rings is 1. The molecule has 6 heteroatoms. The topological polar surface area (TPSA) is 52.7 Å². The molecular formula is C18H26ClN3O2. The Kier molecular flexibility index (Phi) is 7.53. The summed E-state index contributed by atoms with van der Waals surface area (Å²) in [6, 6.07) is 7.64. The van der Waals surface area contributed by atoms with Gasteiger partial charge in [0.05, 0.1) is 6.54 Å². The molecule has 0 aliphatic carbocycles. The average Bonchev–Trinajstić information content (AvgIpc) is 2.58. The molecule has 1 fully saturated rings. The van der Waals surface area contributed by atoms with Gasteiger partial charge in [-0.15, -0.1) is 0 Å². The first-order valence-electron chi connectivity index (χ1n) is 8.59. The zero-order chi connectivity index (χ0) is 17.4. The fraction of sp³-hybridized carbons (Fsp3) is 0.556. The van der Waals surface area contributed by atoms with Crippen LogP contribution in [0.5, 0.6) is 0 Å². The summed E-state index contributed by atoms with van der Waals surface area (Å²) in [7, 11) is 0. The lowest BCUT2D eigenvalue weighted by Gasteiger charge is -2.34. The van der Waals surface area contributed by atoms with Crippen LogP contribution in [0.25, 0.3) is 0 Å². The van der Waals surface area contributed by atoms with Gasteiger partial charge in [0.1, 0.15) is 0 Å². The fourth-order valence-corrected chi connectivity index (χ4v) is 2.99. The normalized spacial score (nSPS) is 15.3. The number of nitrogens with zero attached hydrogens (tertiary/aromatic N) is 2. The molecule has 0 unspecified atom stereocenters. The van der Waals surface area contributed by atoms with E-state index in [4.69, 9.17) is 11.6 Å². The molecule has 1 aromatic rings. The molecule has 0 aromatic heterocycles. The lowest BCUT2D eigenvalue weighted by atomic mass is 10.1. The van der Waals surface area contributed by atoms with Crippen molar-refractivity contribution in [2.24, 2.45) is 0 Å². The summed E-state index contributed by atoms with van der Waals surface area (Å²) in [5.74, 6) is 0.239. The van der Waals surface area contributed by atoms with Crippen LogP contribution in [0.4, 0.5) is 0 Å². The van der Waals surface area contributed by atoms with Gasteiger partial charge in [0.15, 0.2) is 0 Å². The van der Waals surface area contributed by atoms with Crippen molar-refractivity contribution >= 4 is 23.4 Å². The minimum atomic E-state index is 0.0672. The molecule has 1 aromatic carbocycles. The lowest BCUT2D eigenvalue weighted by Crippen LogP contribution is -2.51. The maximum Gasteiger partial charge on any atom is 0.234 e. The van der Waals surface area contributed by atoms with E-state index in [-0.39, 0.29) is 11.8 Å². The van der Waals surface area contributed by atoms with Gasteiger partial charge in [-0.1, -0.05) is 30.7 Å². The van der Waals surface area contributed by atoms with Crippen LogP contribution in [0.2, 0.25) is 5.02 Å². The second kappa shape index (κ2) is 9.64. The third-order valence-electron chi connectivity index (χ3n) is 4.18. The van der Waals surface area contributed by atoms with Crippen LogP contribution in [-0.2, 0) is 16.0 Å². The van der Waals surface area contributed by atoms with Gasteiger partial charge in [-0.05, 0) is 30.5 Å². The highest BCUT2D eigenvalue weighted by atomic mass is 35.5. The van der Waals surface area contributed by atoms with Crippen LogP contribution in [-0.4, -0.2) is 60.9 Å². The molecule has 24 heavy (non-hydrogen) atoms. The zero-order valence-corrected chi connectivity index (χ0v) is 15.0. The number of aryl methyl sites for hydroxylation is 1. The van der Waals surface area contributed by atoms with E-state index >= 15 is 0 Å². The van der Waals surface area contributed by atoms with Gasteiger partial charge >= 0.3 is 0 Å². The standard InChI is InChI=1S/C18H26ClN3O2/c1-2-8-20-17(23)14-21-9-11-22(12-10-21)18(24)7-6-15-4-3-5-16(19)13-15/h3-5,13H,2,6-12,14H2,1H3,(H,20,23). The number of carbonyl (C=O) groups excluding carboxylic acids is 2. The van der Waals surface area contributed by atoms with Crippen molar-refractivity contribution in [1.29, 1.82) is 0 Å². The van der Waals surface area contributed by atoms with E-state index in [2.05, 4.69) is 10.2 Å². The summed E-state index contributed by atoms with van der Waals surface area (Å²) in [4.78, 5) is 28.0. The summed E-state index contributed by atoms with van der Waals surface area (Å²) >= 11 is 5.96. The number of halogens is 1. The molecule has 1 saturated heterocycles. The minimum Gasteiger partial charge on any atom is -0.355 e. The molecule has 1 aliphatic rings. The maximum absolute atomic E-state index is 12.3. The summed E-state index contributed by atoms with van der Waals surface area (Å²) in [5, 5.41) is 3.59. The Morgan fingerprint density at radius 3 is 2.62 bits per heavy atom. The van der Waals surface area contributed by atoms with Crippen molar-refractivity contribution in [2.45, 2.75) is 26.2 Å². The molecule has 132 valence electrons. The van der Waals surface area contributed by atoms with Crippen molar-refractivity contribution < 1.29 is 9.59 Å². The number of rotatable bonds is 7. The Hall–Kier alpha value is -1.59. The number of hydrogen-bond acceptors (Lipinski definition) is 3. The first-order valence-corrected chi connectivity index (χ1v) is 8.97. The van der Waals surface area contributed by atoms with Gasteiger partial charge in [-0.25, -0.2) is 0 Å². The second-order valence-electron chi connectivity index (χ2n) is 6.14. The maximum atomic E-state index is 12.3. The SMILES string of the molecule is CCCNC(=O)CN1CCN(C(=O)CCc2cccc(Cl)c2)CC1.